The number of ketones is 1. The first-order valence-corrected chi connectivity index (χ1v) is 12.4. The fourth-order valence-electron chi connectivity index (χ4n) is 6.72. The van der Waals surface area contributed by atoms with E-state index in [9.17, 15) is 14.4 Å². The maximum atomic E-state index is 12.7. The van der Waals surface area contributed by atoms with Gasteiger partial charge in [-0.3, -0.25) is 19.4 Å². The Labute approximate surface area is 209 Å². The number of ether oxygens (including phenoxy) is 2. The van der Waals surface area contributed by atoms with Gasteiger partial charge in [0.05, 0.1) is 11.5 Å². The Morgan fingerprint density at radius 1 is 1.19 bits per heavy atom. The molecule has 2 aromatic rings. The van der Waals surface area contributed by atoms with Crippen molar-refractivity contribution in [1.82, 2.24) is 4.98 Å². The summed E-state index contributed by atoms with van der Waals surface area (Å²) >= 11 is 0. The molecular weight excluding hydrogens is 456 g/mol. The molecule has 2 N–H and O–H groups in total. The molecule has 1 fully saturated rings. The summed E-state index contributed by atoms with van der Waals surface area (Å²) in [7, 11) is 0. The molecule has 36 heavy (non-hydrogen) atoms. The van der Waals surface area contributed by atoms with E-state index >= 15 is 0 Å². The minimum Gasteiger partial charge on any atom is -0.489 e. The van der Waals surface area contributed by atoms with Crippen molar-refractivity contribution in [2.24, 2.45) is 23.0 Å². The number of aromatic nitrogens is 1. The van der Waals surface area contributed by atoms with Crippen LogP contribution in [0, 0.1) is 17.3 Å². The lowest BCUT2D eigenvalue weighted by Crippen LogP contribution is -2.42. The second-order valence-electron chi connectivity index (χ2n) is 10.6. The maximum absolute atomic E-state index is 12.7. The minimum atomic E-state index is -0.548. The Hall–Kier alpha value is -3.74. The molecule has 6 atom stereocenters. The van der Waals surface area contributed by atoms with E-state index in [1.807, 2.05) is 24.4 Å². The summed E-state index contributed by atoms with van der Waals surface area (Å²) in [4.78, 5) is 41.0. The number of carbonyl (C=O) groups is 3. The normalized spacial score (nSPS) is 32.8. The highest BCUT2D eigenvalue weighted by molar-refractivity contribution is 6.02. The monoisotopic (exact) mass is 484 g/mol. The van der Waals surface area contributed by atoms with E-state index in [0.29, 0.717) is 24.2 Å². The SMILES string of the molecule is CC(=O)OC1C[C@H]2[C@@H]3OC4=C(C=C3C=C[C@]2(C)[C@H]1c1ccc2ccncc2c1)C(=O)CC(C(N)=O)C4. The molecular formula is C29H28N2O5. The molecule has 7 heteroatoms. The molecule has 0 saturated heterocycles. The van der Waals surface area contributed by atoms with Crippen LogP contribution in [0.25, 0.3) is 10.8 Å². The first kappa shape index (κ1) is 22.7. The molecule has 1 amide bonds. The van der Waals surface area contributed by atoms with Crippen LogP contribution in [0.1, 0.15) is 44.6 Å². The van der Waals surface area contributed by atoms with Crippen molar-refractivity contribution in [2.45, 2.75) is 51.2 Å². The fourth-order valence-corrected chi connectivity index (χ4v) is 6.72. The van der Waals surface area contributed by atoms with Gasteiger partial charge >= 0.3 is 5.97 Å². The molecule has 7 nitrogen and oxygen atoms in total. The van der Waals surface area contributed by atoms with Gasteiger partial charge in [0.25, 0.3) is 0 Å². The Balaban J connectivity index is 1.41. The van der Waals surface area contributed by atoms with Crippen molar-refractivity contribution in [2.75, 3.05) is 0 Å². The van der Waals surface area contributed by atoms with Crippen LogP contribution in [0.5, 0.6) is 0 Å². The lowest BCUT2D eigenvalue weighted by atomic mass is 9.64. The standard InChI is InChI=1S/C29H28N2O5/c1-15(32)35-25-13-22-27-18(10-21-23(33)11-19(28(30)34)12-24(21)36-27)5-7-29(22,2)26(25)17-4-3-16-6-8-31-14-20(16)9-17/h3-10,14,19,22,25-27H,11-13H2,1-2H3,(H2,30,34)/t19?,22-,25?,26-,27+,29-/m0/s1. The van der Waals surface area contributed by atoms with Gasteiger partial charge in [-0.2, -0.15) is 0 Å². The van der Waals surface area contributed by atoms with Crippen LogP contribution in [0.3, 0.4) is 0 Å². The number of esters is 1. The molecule has 1 aromatic carbocycles. The van der Waals surface area contributed by atoms with E-state index in [2.05, 4.69) is 36.2 Å². The van der Waals surface area contributed by atoms with E-state index in [4.69, 9.17) is 15.2 Å². The van der Waals surface area contributed by atoms with Crippen LogP contribution in [0.15, 0.2) is 71.8 Å². The van der Waals surface area contributed by atoms with Gasteiger partial charge in [-0.15, -0.1) is 0 Å². The average molecular weight is 485 g/mol. The predicted molar refractivity (Wildman–Crippen MR) is 132 cm³/mol. The zero-order chi connectivity index (χ0) is 25.2. The lowest BCUT2D eigenvalue weighted by Gasteiger charge is -2.44. The molecule has 0 bridgehead atoms. The van der Waals surface area contributed by atoms with Crippen molar-refractivity contribution < 1.29 is 23.9 Å². The number of pyridine rings is 1. The number of nitrogens with two attached hydrogens (primary N) is 1. The highest BCUT2D eigenvalue weighted by Gasteiger charge is 2.58. The van der Waals surface area contributed by atoms with Gasteiger partial charge in [0.15, 0.2) is 5.78 Å². The summed E-state index contributed by atoms with van der Waals surface area (Å²) in [5.41, 5.74) is 7.73. The Morgan fingerprint density at radius 3 is 2.81 bits per heavy atom. The number of nitrogens with zero attached hydrogens (tertiary/aromatic N) is 1. The van der Waals surface area contributed by atoms with Crippen LogP contribution >= 0.6 is 0 Å². The number of amides is 1. The van der Waals surface area contributed by atoms with E-state index in [1.54, 1.807) is 6.20 Å². The Morgan fingerprint density at radius 2 is 2.03 bits per heavy atom. The molecule has 3 aliphatic carbocycles. The summed E-state index contributed by atoms with van der Waals surface area (Å²) in [6.45, 7) is 3.64. The summed E-state index contributed by atoms with van der Waals surface area (Å²) in [5, 5.41) is 2.13. The third-order valence-electron chi connectivity index (χ3n) is 8.44. The highest BCUT2D eigenvalue weighted by atomic mass is 16.5. The molecule has 4 aliphatic rings. The molecule has 2 heterocycles. The van der Waals surface area contributed by atoms with Gasteiger partial charge in [0.2, 0.25) is 5.91 Å². The van der Waals surface area contributed by atoms with Crippen molar-refractivity contribution in [3.63, 3.8) is 0 Å². The number of fused-ring (bicyclic) bond motifs is 4. The Bertz CT molecular complexity index is 1410. The van der Waals surface area contributed by atoms with E-state index < -0.39 is 11.8 Å². The zero-order valence-corrected chi connectivity index (χ0v) is 20.3. The van der Waals surface area contributed by atoms with E-state index in [-0.39, 0.29) is 47.6 Å². The molecule has 0 radical (unpaired) electrons. The fraction of sp³-hybridized carbons (Fsp3) is 0.379. The van der Waals surface area contributed by atoms with Gasteiger partial charge in [0, 0.05) is 54.8 Å². The van der Waals surface area contributed by atoms with Gasteiger partial charge < -0.3 is 15.2 Å². The van der Waals surface area contributed by atoms with Crippen molar-refractivity contribution in [3.8, 4) is 0 Å². The number of hydrogen-bond acceptors (Lipinski definition) is 6. The molecule has 0 spiro atoms. The topological polar surface area (TPSA) is 109 Å². The average Bonchev–Trinajstić information content (AvgIpc) is 3.14. The number of primary amides is 1. The van der Waals surface area contributed by atoms with E-state index in [1.165, 1.54) is 6.92 Å². The third-order valence-corrected chi connectivity index (χ3v) is 8.44. The van der Waals surface area contributed by atoms with Crippen LogP contribution in [-0.2, 0) is 23.9 Å². The second kappa shape index (κ2) is 8.15. The van der Waals surface area contributed by atoms with Gasteiger partial charge in [-0.05, 0) is 41.2 Å². The number of carbonyl (C=O) groups excluding carboxylic acids is 3. The minimum absolute atomic E-state index is 0.00537. The smallest absolute Gasteiger partial charge is 0.302 e. The van der Waals surface area contributed by atoms with Crippen LogP contribution in [0.2, 0.25) is 0 Å². The lowest BCUT2D eigenvalue weighted by molar-refractivity contribution is -0.147. The van der Waals surface area contributed by atoms with Crippen LogP contribution < -0.4 is 5.73 Å². The first-order chi connectivity index (χ1) is 17.2. The molecule has 1 aromatic heterocycles. The number of allylic oxidation sites excluding steroid dienone is 4. The molecule has 184 valence electrons. The summed E-state index contributed by atoms with van der Waals surface area (Å²) in [6.07, 6.45) is 10.2. The largest absolute Gasteiger partial charge is 0.489 e. The molecule has 6 rings (SSSR count). The molecule has 2 unspecified atom stereocenters. The second-order valence-corrected chi connectivity index (χ2v) is 10.6. The van der Waals surface area contributed by atoms with Crippen LogP contribution in [-0.4, -0.2) is 34.9 Å². The zero-order valence-electron chi connectivity index (χ0n) is 20.3. The highest BCUT2D eigenvalue weighted by Crippen LogP contribution is 2.60. The molecule has 1 saturated carbocycles. The van der Waals surface area contributed by atoms with Gasteiger partial charge in [-0.1, -0.05) is 31.2 Å². The first-order valence-electron chi connectivity index (χ1n) is 12.4. The summed E-state index contributed by atoms with van der Waals surface area (Å²) < 4.78 is 12.4. The quantitative estimate of drug-likeness (QED) is 0.662. The van der Waals surface area contributed by atoms with Crippen molar-refractivity contribution in [3.05, 3.63) is 77.4 Å². The maximum Gasteiger partial charge on any atom is 0.302 e. The van der Waals surface area contributed by atoms with Gasteiger partial charge in [-0.25, -0.2) is 0 Å². The number of rotatable bonds is 3. The summed E-state index contributed by atoms with van der Waals surface area (Å²) in [5.74, 6) is -0.988. The van der Waals surface area contributed by atoms with Crippen molar-refractivity contribution in [1.29, 1.82) is 0 Å². The third kappa shape index (κ3) is 3.48. The van der Waals surface area contributed by atoms with Gasteiger partial charge in [0.1, 0.15) is 18.0 Å². The predicted octanol–water partition coefficient (Wildman–Crippen LogP) is 3.89. The summed E-state index contributed by atoms with van der Waals surface area (Å²) in [6, 6.07) is 8.30. The molecule has 1 aliphatic heterocycles. The van der Waals surface area contributed by atoms with Crippen molar-refractivity contribution >= 4 is 28.4 Å². The van der Waals surface area contributed by atoms with E-state index in [0.717, 1.165) is 21.9 Å². The van der Waals surface area contributed by atoms with Crippen LogP contribution in [0.4, 0.5) is 0 Å². The number of benzene rings is 1. The Kier molecular flexibility index (Phi) is 5.14. The number of hydrogen-bond donors (Lipinski definition) is 1. The number of Topliss-reactive ketones (excluding diaryl/α,β-unsaturated/α-hetero) is 1.